The van der Waals surface area contributed by atoms with Crippen molar-refractivity contribution in [1.82, 2.24) is 15.6 Å². The van der Waals surface area contributed by atoms with E-state index in [1.807, 2.05) is 0 Å². The van der Waals surface area contributed by atoms with Gasteiger partial charge < -0.3 is 11.5 Å². The molecule has 6 nitrogen and oxygen atoms in total. The van der Waals surface area contributed by atoms with Gasteiger partial charge in [0.1, 0.15) is 0 Å². The van der Waals surface area contributed by atoms with Crippen molar-refractivity contribution in [2.45, 2.75) is 0 Å². The summed E-state index contributed by atoms with van der Waals surface area (Å²) in [6.07, 6.45) is 1.44. The van der Waals surface area contributed by atoms with E-state index in [0.717, 1.165) is 0 Å². The molecule has 0 aliphatic carbocycles. The number of hydrogen-bond donors (Lipinski definition) is 3. The number of nitrogens with zero attached hydrogens (tertiary/aromatic N) is 3. The number of nitrogen functional groups attached to an aromatic ring is 1. The molecule has 0 fully saturated rings. The van der Waals surface area contributed by atoms with Crippen LogP contribution in [0.1, 0.15) is 5.01 Å². The summed E-state index contributed by atoms with van der Waals surface area (Å²) in [5.41, 5.74) is 12.8. The van der Waals surface area contributed by atoms with Gasteiger partial charge in [0.2, 0.25) is 5.13 Å². The third-order valence-electron chi connectivity index (χ3n) is 0.806. The van der Waals surface area contributed by atoms with Crippen molar-refractivity contribution in [1.29, 1.82) is 0 Å². The summed E-state index contributed by atoms with van der Waals surface area (Å²) in [4.78, 5) is 0. The molecule has 0 aliphatic rings. The highest BCUT2D eigenvalue weighted by atomic mass is 32.1. The molecule has 0 amide bonds. The SMILES string of the molecule is NC(=S)N/N=C/c1nnc(N)s1. The predicted octanol–water partition coefficient (Wildman–Crippen LogP) is -0.713. The minimum Gasteiger partial charge on any atom is -0.375 e. The van der Waals surface area contributed by atoms with Gasteiger partial charge in [-0.15, -0.1) is 10.2 Å². The van der Waals surface area contributed by atoms with Crippen molar-refractivity contribution >= 4 is 40.0 Å². The Morgan fingerprint density at radius 1 is 1.67 bits per heavy atom. The highest BCUT2D eigenvalue weighted by molar-refractivity contribution is 7.80. The van der Waals surface area contributed by atoms with Crippen LogP contribution in [0.4, 0.5) is 5.13 Å². The molecule has 0 unspecified atom stereocenters. The van der Waals surface area contributed by atoms with Crippen LogP contribution >= 0.6 is 23.6 Å². The van der Waals surface area contributed by atoms with Gasteiger partial charge in [0, 0.05) is 0 Å². The zero-order valence-electron chi connectivity index (χ0n) is 5.89. The van der Waals surface area contributed by atoms with Crippen LogP contribution < -0.4 is 16.9 Å². The molecule has 0 spiro atoms. The van der Waals surface area contributed by atoms with Crippen molar-refractivity contribution in [3.8, 4) is 0 Å². The highest BCUT2D eigenvalue weighted by Crippen LogP contribution is 2.07. The van der Waals surface area contributed by atoms with E-state index >= 15 is 0 Å². The maximum atomic E-state index is 5.32. The Balaban J connectivity index is 2.52. The van der Waals surface area contributed by atoms with E-state index in [1.165, 1.54) is 17.6 Å². The van der Waals surface area contributed by atoms with Crippen molar-refractivity contribution in [3.63, 3.8) is 0 Å². The van der Waals surface area contributed by atoms with Crippen LogP contribution in [0.25, 0.3) is 0 Å². The number of anilines is 1. The van der Waals surface area contributed by atoms with Gasteiger partial charge in [0.05, 0.1) is 6.21 Å². The van der Waals surface area contributed by atoms with Crippen LogP contribution in [0.3, 0.4) is 0 Å². The molecule has 8 heteroatoms. The van der Waals surface area contributed by atoms with E-state index in [9.17, 15) is 0 Å². The fourth-order valence-corrected chi connectivity index (χ4v) is 0.985. The standard InChI is InChI=1S/C4H6N6S2/c5-3(11)9-7-1-2-8-10-4(6)12-2/h1H,(H2,6,10)(H3,5,9,11)/b7-1+. The molecule has 0 aromatic carbocycles. The predicted molar refractivity (Wildman–Crippen MR) is 51.8 cm³/mol. The second-order valence-corrected chi connectivity index (χ2v) is 3.19. The molecule has 0 saturated carbocycles. The molecule has 64 valence electrons. The van der Waals surface area contributed by atoms with E-state index in [4.69, 9.17) is 11.5 Å². The molecule has 12 heavy (non-hydrogen) atoms. The fraction of sp³-hybridized carbons (Fsp3) is 0. The third kappa shape index (κ3) is 2.76. The van der Waals surface area contributed by atoms with Crippen molar-refractivity contribution in [2.24, 2.45) is 10.8 Å². The normalized spacial score (nSPS) is 10.3. The Morgan fingerprint density at radius 2 is 2.42 bits per heavy atom. The largest absolute Gasteiger partial charge is 0.375 e. The summed E-state index contributed by atoms with van der Waals surface area (Å²) in [6, 6.07) is 0. The van der Waals surface area contributed by atoms with Gasteiger partial charge in [-0.2, -0.15) is 5.10 Å². The smallest absolute Gasteiger partial charge is 0.203 e. The topological polar surface area (TPSA) is 102 Å². The first-order valence-electron chi connectivity index (χ1n) is 2.86. The summed E-state index contributed by atoms with van der Waals surface area (Å²) in [5.74, 6) is 0. The van der Waals surface area contributed by atoms with Gasteiger partial charge in [-0.3, -0.25) is 5.43 Å². The molecule has 1 aromatic heterocycles. The van der Waals surface area contributed by atoms with Crippen LogP contribution in [0.5, 0.6) is 0 Å². The molecule has 0 saturated heterocycles. The lowest BCUT2D eigenvalue weighted by Crippen LogP contribution is -2.23. The van der Waals surface area contributed by atoms with Crippen molar-refractivity contribution < 1.29 is 0 Å². The number of aromatic nitrogens is 2. The Labute approximate surface area is 77.7 Å². The van der Waals surface area contributed by atoms with Gasteiger partial charge in [0.15, 0.2) is 10.1 Å². The number of hydrazone groups is 1. The fourth-order valence-electron chi connectivity index (χ4n) is 0.450. The zero-order chi connectivity index (χ0) is 8.97. The van der Waals surface area contributed by atoms with Crippen LogP contribution in [0, 0.1) is 0 Å². The average molecular weight is 202 g/mol. The van der Waals surface area contributed by atoms with Gasteiger partial charge in [0.25, 0.3) is 0 Å². The Morgan fingerprint density at radius 3 is 2.92 bits per heavy atom. The molecular weight excluding hydrogens is 196 g/mol. The van der Waals surface area contributed by atoms with Gasteiger partial charge >= 0.3 is 0 Å². The summed E-state index contributed by atoms with van der Waals surface area (Å²) >= 11 is 5.73. The van der Waals surface area contributed by atoms with Gasteiger partial charge in [-0.1, -0.05) is 11.3 Å². The van der Waals surface area contributed by atoms with E-state index in [-0.39, 0.29) is 5.11 Å². The number of nitrogens with two attached hydrogens (primary N) is 2. The van der Waals surface area contributed by atoms with E-state index in [1.54, 1.807) is 0 Å². The van der Waals surface area contributed by atoms with E-state index in [2.05, 4.69) is 32.9 Å². The second-order valence-electron chi connectivity index (χ2n) is 1.71. The van der Waals surface area contributed by atoms with Crippen LogP contribution in [-0.4, -0.2) is 21.5 Å². The van der Waals surface area contributed by atoms with Crippen LogP contribution in [0.15, 0.2) is 5.10 Å². The lowest BCUT2D eigenvalue weighted by atomic mass is 10.8. The Hall–Kier alpha value is -1.28. The van der Waals surface area contributed by atoms with Crippen LogP contribution in [-0.2, 0) is 0 Å². The van der Waals surface area contributed by atoms with E-state index < -0.39 is 0 Å². The monoisotopic (exact) mass is 202 g/mol. The van der Waals surface area contributed by atoms with Gasteiger partial charge in [-0.05, 0) is 12.2 Å². The molecule has 0 atom stereocenters. The number of nitrogens with one attached hydrogen (secondary N) is 1. The highest BCUT2D eigenvalue weighted by Gasteiger charge is 1.95. The molecule has 0 radical (unpaired) electrons. The minimum atomic E-state index is 0.101. The first-order chi connectivity index (χ1) is 5.68. The van der Waals surface area contributed by atoms with Crippen molar-refractivity contribution in [2.75, 3.05) is 5.73 Å². The Kier molecular flexibility index (Phi) is 2.88. The molecule has 1 aromatic rings. The molecule has 5 N–H and O–H groups in total. The lowest BCUT2D eigenvalue weighted by molar-refractivity contribution is 1.03. The molecular formula is C4H6N6S2. The van der Waals surface area contributed by atoms with Gasteiger partial charge in [-0.25, -0.2) is 0 Å². The second kappa shape index (κ2) is 3.93. The van der Waals surface area contributed by atoms with Crippen molar-refractivity contribution in [3.05, 3.63) is 5.01 Å². The number of hydrogen-bond acceptors (Lipinski definition) is 6. The lowest BCUT2D eigenvalue weighted by Gasteiger charge is -1.90. The minimum absolute atomic E-state index is 0.101. The first kappa shape index (κ1) is 8.81. The third-order valence-corrected chi connectivity index (χ3v) is 1.58. The van der Waals surface area contributed by atoms with Crippen LogP contribution in [0.2, 0.25) is 0 Å². The molecule has 1 heterocycles. The quantitative estimate of drug-likeness (QED) is 0.332. The maximum Gasteiger partial charge on any atom is 0.203 e. The Bertz CT molecular complexity index is 304. The number of thiocarbonyl (C=S) groups is 1. The number of rotatable bonds is 2. The maximum absolute atomic E-state index is 5.32. The molecule has 0 bridgehead atoms. The zero-order valence-corrected chi connectivity index (χ0v) is 7.52. The molecule has 1 rings (SSSR count). The summed E-state index contributed by atoms with van der Waals surface area (Å²) < 4.78 is 0. The first-order valence-corrected chi connectivity index (χ1v) is 4.08. The molecule has 0 aliphatic heterocycles. The summed E-state index contributed by atoms with van der Waals surface area (Å²) in [5, 5.41) is 12.0. The average Bonchev–Trinajstić information content (AvgIpc) is 2.35. The van der Waals surface area contributed by atoms with E-state index in [0.29, 0.717) is 10.1 Å². The summed E-state index contributed by atoms with van der Waals surface area (Å²) in [6.45, 7) is 0. The summed E-state index contributed by atoms with van der Waals surface area (Å²) in [7, 11) is 0.